The maximum absolute atomic E-state index is 3.79. The van der Waals surface area contributed by atoms with Gasteiger partial charge in [-0.3, -0.25) is 0 Å². The van der Waals surface area contributed by atoms with Crippen molar-refractivity contribution in [1.29, 1.82) is 0 Å². The Morgan fingerprint density at radius 3 is 2.50 bits per heavy atom. The van der Waals surface area contributed by atoms with Gasteiger partial charge in [0.25, 0.3) is 0 Å². The lowest BCUT2D eigenvalue weighted by Gasteiger charge is -2.30. The Bertz CT molecular complexity index is 609. The molecule has 0 radical (unpaired) electrons. The molecule has 1 aliphatic heterocycles. The Morgan fingerprint density at radius 1 is 1.20 bits per heavy atom. The molecular formula is C15H16Br2ClNS. The average molecular weight is 438 g/mol. The van der Waals surface area contributed by atoms with Crippen LogP contribution >= 0.6 is 55.6 Å². The van der Waals surface area contributed by atoms with Gasteiger partial charge in [0.15, 0.2) is 0 Å². The summed E-state index contributed by atoms with van der Waals surface area (Å²) >= 11 is 9.23. The monoisotopic (exact) mass is 435 g/mol. The lowest BCUT2D eigenvalue weighted by molar-refractivity contribution is 0.299. The standard InChI is InChI=1S/C15H15Br2NS.ClH/c1-9-15(17)14-12(7-18(2)8-13(14)19-9)10-3-5-11(16)6-4-10;/h3-6,12H,7-8H2,1-2H3;1H. The molecule has 1 aromatic carbocycles. The van der Waals surface area contributed by atoms with Crippen molar-refractivity contribution in [3.05, 3.63) is 54.1 Å². The second-order valence-corrected chi connectivity index (χ2v) is 8.13. The molecule has 1 atom stereocenters. The van der Waals surface area contributed by atoms with Crippen molar-refractivity contribution in [1.82, 2.24) is 4.90 Å². The fraction of sp³-hybridized carbons (Fsp3) is 0.333. The molecule has 2 heterocycles. The van der Waals surface area contributed by atoms with E-state index >= 15 is 0 Å². The van der Waals surface area contributed by atoms with Crippen LogP contribution < -0.4 is 0 Å². The van der Waals surface area contributed by atoms with E-state index in [4.69, 9.17) is 0 Å². The van der Waals surface area contributed by atoms with Crippen LogP contribution in [-0.2, 0) is 6.54 Å². The van der Waals surface area contributed by atoms with Crippen molar-refractivity contribution >= 4 is 55.6 Å². The number of nitrogens with zero attached hydrogens (tertiary/aromatic N) is 1. The Morgan fingerprint density at radius 2 is 1.85 bits per heavy atom. The predicted octanol–water partition coefficient (Wildman–Crippen LogP) is 5.58. The van der Waals surface area contributed by atoms with E-state index in [1.54, 1.807) is 0 Å². The van der Waals surface area contributed by atoms with Crippen molar-refractivity contribution in [3.63, 3.8) is 0 Å². The molecule has 1 aliphatic rings. The van der Waals surface area contributed by atoms with Crippen LogP contribution in [0.2, 0.25) is 0 Å². The Labute approximate surface area is 147 Å². The van der Waals surface area contributed by atoms with Gasteiger partial charge in [0, 0.05) is 37.7 Å². The highest BCUT2D eigenvalue weighted by atomic mass is 79.9. The third kappa shape index (κ3) is 3.00. The molecule has 108 valence electrons. The number of benzene rings is 1. The maximum atomic E-state index is 3.79. The summed E-state index contributed by atoms with van der Waals surface area (Å²) in [5.74, 6) is 0.473. The van der Waals surface area contributed by atoms with Gasteiger partial charge in [-0.2, -0.15) is 0 Å². The van der Waals surface area contributed by atoms with Crippen molar-refractivity contribution < 1.29 is 0 Å². The first-order chi connectivity index (χ1) is 9.06. The molecule has 5 heteroatoms. The summed E-state index contributed by atoms with van der Waals surface area (Å²) in [5.41, 5.74) is 2.90. The van der Waals surface area contributed by atoms with Crippen LogP contribution in [0.1, 0.15) is 26.8 Å². The molecule has 3 rings (SSSR count). The topological polar surface area (TPSA) is 3.24 Å². The smallest absolute Gasteiger partial charge is 0.0353 e. The van der Waals surface area contributed by atoms with Crippen LogP contribution in [0.5, 0.6) is 0 Å². The van der Waals surface area contributed by atoms with E-state index in [1.807, 2.05) is 11.3 Å². The summed E-state index contributed by atoms with van der Waals surface area (Å²) in [4.78, 5) is 5.31. The van der Waals surface area contributed by atoms with Crippen molar-refractivity contribution in [2.45, 2.75) is 19.4 Å². The van der Waals surface area contributed by atoms with E-state index < -0.39 is 0 Å². The Hall–Kier alpha value is 0.130. The van der Waals surface area contributed by atoms with Gasteiger partial charge in [0.05, 0.1) is 0 Å². The first-order valence-corrected chi connectivity index (χ1v) is 8.68. The SMILES string of the molecule is Cc1sc2c(c1Br)C(c1ccc(Br)cc1)CN(C)C2.Cl. The van der Waals surface area contributed by atoms with Crippen LogP contribution in [0.4, 0.5) is 0 Å². The van der Waals surface area contributed by atoms with Crippen molar-refractivity contribution in [2.24, 2.45) is 0 Å². The molecule has 0 amide bonds. The second-order valence-electron chi connectivity index (χ2n) is 5.11. The lowest BCUT2D eigenvalue weighted by Crippen LogP contribution is -2.30. The van der Waals surface area contributed by atoms with Crippen LogP contribution in [0.25, 0.3) is 0 Å². The Balaban J connectivity index is 0.00000147. The summed E-state index contributed by atoms with van der Waals surface area (Å²) in [6, 6.07) is 8.74. The number of hydrogen-bond acceptors (Lipinski definition) is 2. The van der Waals surface area contributed by atoms with Crippen LogP contribution in [0.15, 0.2) is 33.2 Å². The first kappa shape index (κ1) is 16.5. The molecule has 0 saturated heterocycles. The fourth-order valence-corrected chi connectivity index (χ4v) is 5.10. The van der Waals surface area contributed by atoms with Gasteiger partial charge in [-0.25, -0.2) is 0 Å². The minimum Gasteiger partial charge on any atom is -0.300 e. The van der Waals surface area contributed by atoms with Gasteiger partial charge in [0.1, 0.15) is 0 Å². The number of rotatable bonds is 1. The third-order valence-corrected chi connectivity index (χ3v) is 6.57. The first-order valence-electron chi connectivity index (χ1n) is 6.28. The van der Waals surface area contributed by atoms with E-state index in [0.29, 0.717) is 5.92 Å². The molecule has 2 aromatic rings. The maximum Gasteiger partial charge on any atom is 0.0353 e. The second kappa shape index (κ2) is 6.49. The highest BCUT2D eigenvalue weighted by molar-refractivity contribution is 9.10. The highest BCUT2D eigenvalue weighted by Crippen LogP contribution is 2.43. The molecule has 0 spiro atoms. The molecule has 0 N–H and O–H groups in total. The van der Waals surface area contributed by atoms with E-state index in [2.05, 4.69) is 75.0 Å². The number of hydrogen-bond donors (Lipinski definition) is 0. The molecular weight excluding hydrogens is 422 g/mol. The zero-order valence-electron chi connectivity index (χ0n) is 11.3. The molecule has 0 aliphatic carbocycles. The van der Waals surface area contributed by atoms with Gasteiger partial charge in [-0.1, -0.05) is 28.1 Å². The summed E-state index contributed by atoms with van der Waals surface area (Å²) < 4.78 is 2.45. The number of halogens is 3. The van der Waals surface area contributed by atoms with E-state index in [1.165, 1.54) is 25.4 Å². The Kier molecular flexibility index (Phi) is 5.35. The van der Waals surface area contributed by atoms with Crippen molar-refractivity contribution in [3.8, 4) is 0 Å². The fourth-order valence-electron chi connectivity index (χ4n) is 2.74. The van der Waals surface area contributed by atoms with Gasteiger partial charge in [-0.15, -0.1) is 23.7 Å². The number of likely N-dealkylation sites (N-methyl/N-ethyl adjacent to an activating group) is 1. The van der Waals surface area contributed by atoms with Gasteiger partial charge in [0.2, 0.25) is 0 Å². The van der Waals surface area contributed by atoms with E-state index in [-0.39, 0.29) is 12.4 Å². The van der Waals surface area contributed by atoms with Crippen LogP contribution in [-0.4, -0.2) is 18.5 Å². The summed E-state index contributed by atoms with van der Waals surface area (Å²) in [5, 5.41) is 0. The normalized spacial score (nSPS) is 18.5. The molecule has 1 nitrogen and oxygen atoms in total. The number of thiophene rings is 1. The highest BCUT2D eigenvalue weighted by Gasteiger charge is 2.29. The quantitative estimate of drug-likeness (QED) is 0.563. The van der Waals surface area contributed by atoms with Gasteiger partial charge < -0.3 is 4.90 Å². The van der Waals surface area contributed by atoms with Crippen LogP contribution in [0, 0.1) is 6.92 Å². The minimum atomic E-state index is 0. The van der Waals surface area contributed by atoms with Crippen LogP contribution in [0.3, 0.4) is 0 Å². The van der Waals surface area contributed by atoms with Gasteiger partial charge in [-0.05, 0) is 53.2 Å². The lowest BCUT2D eigenvalue weighted by atomic mass is 9.88. The molecule has 1 unspecified atom stereocenters. The van der Waals surface area contributed by atoms with Crippen molar-refractivity contribution in [2.75, 3.05) is 13.6 Å². The third-order valence-electron chi connectivity index (χ3n) is 3.65. The molecule has 0 bridgehead atoms. The summed E-state index contributed by atoms with van der Waals surface area (Å²) in [6.45, 7) is 4.36. The van der Waals surface area contributed by atoms with Gasteiger partial charge >= 0.3 is 0 Å². The predicted molar refractivity (Wildman–Crippen MR) is 96.3 cm³/mol. The number of fused-ring (bicyclic) bond motifs is 1. The molecule has 0 fully saturated rings. The number of aryl methyl sites for hydroxylation is 1. The molecule has 0 saturated carbocycles. The molecule has 20 heavy (non-hydrogen) atoms. The zero-order chi connectivity index (χ0) is 13.6. The summed E-state index contributed by atoms with van der Waals surface area (Å²) in [6.07, 6.45) is 0. The largest absolute Gasteiger partial charge is 0.300 e. The molecule has 1 aromatic heterocycles. The zero-order valence-corrected chi connectivity index (χ0v) is 16.1. The summed E-state index contributed by atoms with van der Waals surface area (Å²) in [7, 11) is 2.21. The van der Waals surface area contributed by atoms with E-state index in [0.717, 1.165) is 17.6 Å². The minimum absolute atomic E-state index is 0. The average Bonchev–Trinajstić information content (AvgIpc) is 2.65. The van der Waals surface area contributed by atoms with E-state index in [9.17, 15) is 0 Å².